The summed E-state index contributed by atoms with van der Waals surface area (Å²) >= 11 is -2.57. The first kappa shape index (κ1) is 15.8. The third kappa shape index (κ3) is 3.18. The normalized spacial score (nSPS) is 11.7. The molecule has 0 spiro atoms. The number of benzene rings is 3. The van der Waals surface area contributed by atoms with Crippen molar-refractivity contribution in [2.75, 3.05) is 0 Å². The summed E-state index contributed by atoms with van der Waals surface area (Å²) in [4.78, 5) is 2.53. The fourth-order valence-electron chi connectivity index (χ4n) is 2.96. The van der Waals surface area contributed by atoms with Crippen LogP contribution in [0.1, 0.15) is 13.3 Å². The molecule has 0 heterocycles. The average molecular weight is 361 g/mol. The van der Waals surface area contributed by atoms with Gasteiger partial charge in [-0.2, -0.15) is 0 Å². The van der Waals surface area contributed by atoms with Crippen molar-refractivity contribution in [3.05, 3.63) is 102 Å². The molecular weight excluding hydrogens is 339 g/mol. The maximum atomic E-state index is 2.53. The van der Waals surface area contributed by atoms with Crippen molar-refractivity contribution < 1.29 is 0 Å². The van der Waals surface area contributed by atoms with E-state index in [1.807, 2.05) is 0 Å². The van der Waals surface area contributed by atoms with Crippen LogP contribution in [0.4, 0.5) is 0 Å². The van der Waals surface area contributed by atoms with E-state index in [0.29, 0.717) is 0 Å². The van der Waals surface area contributed by atoms with E-state index in [-0.39, 0.29) is 0 Å². The minimum atomic E-state index is -2.57. The summed E-state index contributed by atoms with van der Waals surface area (Å²) < 4.78 is 4.40. The first-order valence-corrected chi connectivity index (χ1v) is 12.0. The predicted octanol–water partition coefficient (Wildman–Crippen LogP) is 3.66. The van der Waals surface area contributed by atoms with Gasteiger partial charge in [0, 0.05) is 0 Å². The van der Waals surface area contributed by atoms with E-state index in [4.69, 9.17) is 0 Å². The summed E-state index contributed by atoms with van der Waals surface area (Å²) in [7, 11) is 0. The van der Waals surface area contributed by atoms with Crippen molar-refractivity contribution in [1.29, 1.82) is 0 Å². The van der Waals surface area contributed by atoms with Gasteiger partial charge in [0.15, 0.2) is 0 Å². The van der Waals surface area contributed by atoms with E-state index in [1.165, 1.54) is 13.1 Å². The number of rotatable bonds is 5. The van der Waals surface area contributed by atoms with Gasteiger partial charge < -0.3 is 0 Å². The Morgan fingerprint density at radius 1 is 0.609 bits per heavy atom. The molecule has 0 bridgehead atoms. The molecular formula is C22H22As+. The van der Waals surface area contributed by atoms with E-state index < -0.39 is 13.6 Å². The molecule has 0 unspecified atom stereocenters. The van der Waals surface area contributed by atoms with Gasteiger partial charge in [0.1, 0.15) is 0 Å². The number of hydrogen-bond acceptors (Lipinski definition) is 0. The molecule has 0 N–H and O–H groups in total. The molecule has 0 aliphatic rings. The average Bonchev–Trinajstić information content (AvgIpc) is 2.65. The second-order valence-electron chi connectivity index (χ2n) is 5.52. The Morgan fingerprint density at radius 2 is 0.957 bits per heavy atom. The van der Waals surface area contributed by atoms with Gasteiger partial charge in [-0.05, 0) is 0 Å². The Kier molecular flexibility index (Phi) is 5.15. The first-order chi connectivity index (χ1) is 11.4. The summed E-state index contributed by atoms with van der Waals surface area (Å²) in [5.74, 6) is 0. The van der Waals surface area contributed by atoms with Crippen molar-refractivity contribution >= 4 is 26.6 Å². The summed E-state index contributed by atoms with van der Waals surface area (Å²) in [6.07, 6.45) is 3.41. The Hall–Kier alpha value is -2.04. The van der Waals surface area contributed by atoms with Crippen LogP contribution < -0.4 is 13.1 Å². The van der Waals surface area contributed by atoms with Gasteiger partial charge in [-0.3, -0.25) is 0 Å². The quantitative estimate of drug-likeness (QED) is 0.609. The standard InChI is InChI=1S/C22H22As/c1-2-3-19-23(20-13-7-4-8-14-20,21-15-9-5-10-16-21)22-17-11-6-12-18-22/h3-19H,2H2,1H3/q+1/b19-3+. The Labute approximate surface area is 142 Å². The van der Waals surface area contributed by atoms with E-state index in [2.05, 4.69) is 109 Å². The molecule has 3 aromatic carbocycles. The fraction of sp³-hybridized carbons (Fsp3) is 0.0909. The van der Waals surface area contributed by atoms with Crippen LogP contribution >= 0.6 is 0 Å². The molecule has 0 saturated carbocycles. The van der Waals surface area contributed by atoms with Crippen molar-refractivity contribution in [2.24, 2.45) is 0 Å². The molecule has 0 amide bonds. The van der Waals surface area contributed by atoms with Crippen LogP contribution in [-0.4, -0.2) is 13.6 Å². The van der Waals surface area contributed by atoms with Gasteiger partial charge in [-0.15, -0.1) is 0 Å². The zero-order valence-electron chi connectivity index (χ0n) is 13.5. The molecule has 1 heteroatoms. The van der Waals surface area contributed by atoms with Gasteiger partial charge >= 0.3 is 142 Å². The van der Waals surface area contributed by atoms with Crippen molar-refractivity contribution in [3.8, 4) is 0 Å². The van der Waals surface area contributed by atoms with Crippen LogP contribution in [0.2, 0.25) is 0 Å². The third-order valence-electron chi connectivity index (χ3n) is 4.06. The SMILES string of the molecule is CC/C=C/[As+](c1ccccc1)(c1ccccc1)c1ccccc1. The monoisotopic (exact) mass is 361 g/mol. The molecule has 0 fully saturated rings. The van der Waals surface area contributed by atoms with Gasteiger partial charge in [-0.25, -0.2) is 0 Å². The van der Waals surface area contributed by atoms with Gasteiger partial charge in [0.25, 0.3) is 0 Å². The summed E-state index contributed by atoms with van der Waals surface area (Å²) in [6.45, 7) is 2.21. The second kappa shape index (κ2) is 7.48. The van der Waals surface area contributed by atoms with Gasteiger partial charge in [0.2, 0.25) is 0 Å². The first-order valence-electron chi connectivity index (χ1n) is 8.11. The van der Waals surface area contributed by atoms with Crippen LogP contribution in [0.5, 0.6) is 0 Å². The zero-order chi connectivity index (χ0) is 16.0. The molecule has 0 radical (unpaired) electrons. The fourth-order valence-corrected chi connectivity index (χ4v) is 11.1. The third-order valence-corrected chi connectivity index (χ3v) is 12.4. The zero-order valence-corrected chi connectivity index (χ0v) is 15.3. The van der Waals surface area contributed by atoms with Crippen LogP contribution in [0.25, 0.3) is 0 Å². The van der Waals surface area contributed by atoms with E-state index in [1.54, 1.807) is 0 Å². The Bertz CT molecular complexity index is 649. The van der Waals surface area contributed by atoms with Crippen molar-refractivity contribution in [2.45, 2.75) is 13.3 Å². The molecule has 0 aliphatic heterocycles. The Morgan fingerprint density at radius 3 is 1.26 bits per heavy atom. The van der Waals surface area contributed by atoms with Crippen LogP contribution in [0, 0.1) is 0 Å². The topological polar surface area (TPSA) is 0 Å². The Balaban J connectivity index is 2.33. The summed E-state index contributed by atoms with van der Waals surface area (Å²) in [5, 5.41) is 0. The molecule has 3 aromatic rings. The van der Waals surface area contributed by atoms with Gasteiger partial charge in [0.05, 0.1) is 0 Å². The van der Waals surface area contributed by atoms with E-state index in [9.17, 15) is 0 Å². The second-order valence-corrected chi connectivity index (χ2v) is 12.4. The maximum absolute atomic E-state index is 2.57. The van der Waals surface area contributed by atoms with E-state index >= 15 is 0 Å². The summed E-state index contributed by atoms with van der Waals surface area (Å²) in [5.41, 5.74) is 0. The molecule has 0 aliphatic carbocycles. The van der Waals surface area contributed by atoms with Gasteiger partial charge in [-0.1, -0.05) is 0 Å². The minimum absolute atomic E-state index is 1.07. The molecule has 114 valence electrons. The van der Waals surface area contributed by atoms with Crippen molar-refractivity contribution in [1.82, 2.24) is 0 Å². The molecule has 0 aromatic heterocycles. The molecule has 3 rings (SSSR count). The van der Waals surface area contributed by atoms with Crippen LogP contribution in [0.3, 0.4) is 0 Å². The number of allylic oxidation sites excluding steroid dienone is 1. The molecule has 0 nitrogen and oxygen atoms in total. The predicted molar refractivity (Wildman–Crippen MR) is 103 cm³/mol. The molecule has 23 heavy (non-hydrogen) atoms. The van der Waals surface area contributed by atoms with Crippen LogP contribution in [-0.2, 0) is 0 Å². The van der Waals surface area contributed by atoms with Crippen molar-refractivity contribution in [3.63, 3.8) is 0 Å². The number of hydrogen-bond donors (Lipinski definition) is 0. The molecule has 0 atom stereocenters. The van der Waals surface area contributed by atoms with Crippen LogP contribution in [0.15, 0.2) is 102 Å². The summed E-state index contributed by atoms with van der Waals surface area (Å²) in [6, 6.07) is 33.1. The molecule has 0 saturated heterocycles. The van der Waals surface area contributed by atoms with E-state index in [0.717, 1.165) is 6.42 Å².